The molecule has 0 amide bonds. The summed E-state index contributed by atoms with van der Waals surface area (Å²) in [5, 5.41) is 0. The average molecular weight is 344 g/mol. The van der Waals surface area contributed by atoms with Crippen LogP contribution < -0.4 is 4.74 Å². The monoisotopic (exact) mass is 344 g/mol. The summed E-state index contributed by atoms with van der Waals surface area (Å²) in [6.45, 7) is 3.85. The van der Waals surface area contributed by atoms with Gasteiger partial charge in [-0.25, -0.2) is 9.18 Å². The lowest BCUT2D eigenvalue weighted by atomic mass is 9.85. The van der Waals surface area contributed by atoms with Gasteiger partial charge in [0.25, 0.3) is 0 Å². The molecule has 0 aromatic heterocycles. The molecular weight excluding hydrogens is 322 g/mol. The Bertz CT molecular complexity index is 605. The normalized spacial score (nSPS) is 26.7. The summed E-state index contributed by atoms with van der Waals surface area (Å²) in [5.74, 6) is -3.63. The highest BCUT2D eigenvalue weighted by atomic mass is 19.2. The van der Waals surface area contributed by atoms with E-state index < -0.39 is 41.8 Å². The molecule has 1 fully saturated rings. The second-order valence-corrected chi connectivity index (χ2v) is 6.00. The van der Waals surface area contributed by atoms with Gasteiger partial charge in [0.15, 0.2) is 17.7 Å². The highest BCUT2D eigenvalue weighted by molar-refractivity contribution is 5.77. The van der Waals surface area contributed by atoms with E-state index in [0.29, 0.717) is 5.56 Å². The van der Waals surface area contributed by atoms with Crippen LogP contribution in [0.25, 0.3) is 0 Å². The molecule has 7 heteroatoms. The minimum atomic E-state index is -1.11. The van der Waals surface area contributed by atoms with Crippen molar-refractivity contribution >= 4 is 5.97 Å². The number of methoxy groups -OCH3 is 3. The zero-order valence-electron chi connectivity index (χ0n) is 14.3. The number of benzene rings is 1. The van der Waals surface area contributed by atoms with Crippen molar-refractivity contribution in [3.63, 3.8) is 0 Å². The second-order valence-electron chi connectivity index (χ2n) is 6.00. The topological polar surface area (TPSA) is 54.0 Å². The SMILES string of the molecule is COC(=O)[C@H]1OC(C(C)C)C(OC)C1c1ccc(F)c(F)c1OC. The zero-order valence-corrected chi connectivity index (χ0v) is 14.3. The predicted octanol–water partition coefficient (Wildman–Crippen LogP) is 2.67. The number of ether oxygens (including phenoxy) is 4. The van der Waals surface area contributed by atoms with Gasteiger partial charge in [0.2, 0.25) is 5.82 Å². The van der Waals surface area contributed by atoms with Crippen LogP contribution in [0.2, 0.25) is 0 Å². The van der Waals surface area contributed by atoms with E-state index in [1.54, 1.807) is 0 Å². The Hall–Kier alpha value is -1.73. The van der Waals surface area contributed by atoms with Crippen LogP contribution in [-0.4, -0.2) is 45.6 Å². The van der Waals surface area contributed by atoms with E-state index in [1.807, 2.05) is 13.8 Å². The van der Waals surface area contributed by atoms with Crippen LogP contribution in [0.15, 0.2) is 12.1 Å². The van der Waals surface area contributed by atoms with Crippen molar-refractivity contribution in [1.82, 2.24) is 0 Å². The van der Waals surface area contributed by atoms with Crippen LogP contribution in [0.4, 0.5) is 8.78 Å². The Kier molecular flexibility index (Phi) is 5.77. The molecule has 5 nitrogen and oxygen atoms in total. The molecule has 1 aliphatic heterocycles. The molecule has 0 aliphatic carbocycles. The Morgan fingerprint density at radius 3 is 2.38 bits per heavy atom. The molecule has 1 aliphatic rings. The summed E-state index contributed by atoms with van der Waals surface area (Å²) in [6, 6.07) is 2.38. The first-order valence-electron chi connectivity index (χ1n) is 7.65. The minimum absolute atomic E-state index is 0.0448. The van der Waals surface area contributed by atoms with E-state index in [1.165, 1.54) is 27.4 Å². The fourth-order valence-corrected chi connectivity index (χ4v) is 3.20. The lowest BCUT2D eigenvalue weighted by Gasteiger charge is -2.25. The Balaban J connectivity index is 2.58. The molecule has 0 N–H and O–H groups in total. The van der Waals surface area contributed by atoms with Gasteiger partial charge in [-0.15, -0.1) is 0 Å². The van der Waals surface area contributed by atoms with Crippen molar-refractivity contribution in [3.05, 3.63) is 29.3 Å². The summed E-state index contributed by atoms with van der Waals surface area (Å²) >= 11 is 0. The zero-order chi connectivity index (χ0) is 18.0. The number of halogens is 2. The van der Waals surface area contributed by atoms with Gasteiger partial charge in [-0.1, -0.05) is 19.9 Å². The van der Waals surface area contributed by atoms with Crippen LogP contribution in [0.5, 0.6) is 5.75 Å². The van der Waals surface area contributed by atoms with Crippen molar-refractivity contribution in [1.29, 1.82) is 0 Å². The second kappa shape index (κ2) is 7.44. The van der Waals surface area contributed by atoms with Gasteiger partial charge in [-0.2, -0.15) is 4.39 Å². The van der Waals surface area contributed by atoms with Crippen LogP contribution in [-0.2, 0) is 19.0 Å². The molecule has 3 unspecified atom stereocenters. The predicted molar refractivity (Wildman–Crippen MR) is 82.0 cm³/mol. The van der Waals surface area contributed by atoms with Gasteiger partial charge in [0, 0.05) is 12.7 Å². The summed E-state index contributed by atoms with van der Waals surface area (Å²) < 4.78 is 48.9. The van der Waals surface area contributed by atoms with Crippen molar-refractivity contribution in [2.45, 2.75) is 38.1 Å². The summed E-state index contributed by atoms with van der Waals surface area (Å²) in [4.78, 5) is 12.2. The maximum Gasteiger partial charge on any atom is 0.335 e. The molecule has 1 saturated heterocycles. The molecule has 134 valence electrons. The molecule has 2 rings (SSSR count). The Labute approximate surface area is 139 Å². The Morgan fingerprint density at radius 1 is 1.21 bits per heavy atom. The highest BCUT2D eigenvalue weighted by Gasteiger charge is 2.51. The maximum atomic E-state index is 14.1. The van der Waals surface area contributed by atoms with Crippen LogP contribution in [0.1, 0.15) is 25.3 Å². The molecule has 0 saturated carbocycles. The first-order chi connectivity index (χ1) is 11.4. The van der Waals surface area contributed by atoms with Gasteiger partial charge in [-0.3, -0.25) is 0 Å². The van der Waals surface area contributed by atoms with E-state index in [0.717, 1.165) is 6.07 Å². The van der Waals surface area contributed by atoms with Gasteiger partial charge in [0.05, 0.1) is 32.3 Å². The summed E-state index contributed by atoms with van der Waals surface area (Å²) in [6.07, 6.45) is -1.93. The first-order valence-corrected chi connectivity index (χ1v) is 7.65. The molecule has 1 heterocycles. The molecule has 24 heavy (non-hydrogen) atoms. The third kappa shape index (κ3) is 3.10. The molecule has 0 bridgehead atoms. The first kappa shape index (κ1) is 18.6. The average Bonchev–Trinajstić information content (AvgIpc) is 2.95. The molecule has 4 atom stereocenters. The smallest absolute Gasteiger partial charge is 0.335 e. The molecular formula is C17H22F2O5. The number of hydrogen-bond acceptors (Lipinski definition) is 5. The van der Waals surface area contributed by atoms with Crippen molar-refractivity contribution in [2.75, 3.05) is 21.3 Å². The third-order valence-electron chi connectivity index (χ3n) is 4.31. The quantitative estimate of drug-likeness (QED) is 0.769. The fourth-order valence-electron chi connectivity index (χ4n) is 3.20. The molecule has 0 radical (unpaired) electrons. The third-order valence-corrected chi connectivity index (χ3v) is 4.31. The van der Waals surface area contributed by atoms with Crippen LogP contribution >= 0.6 is 0 Å². The fraction of sp³-hybridized carbons (Fsp3) is 0.588. The standard InChI is InChI=1S/C17H22F2O5/c1-8(2)13-15(22-4)11(16(24-13)17(20)23-5)9-6-7-10(18)12(19)14(9)21-3/h6-8,11,13,15-16H,1-5H3/t11?,13?,15?,16-/m0/s1. The van der Waals surface area contributed by atoms with Crippen molar-refractivity contribution in [2.24, 2.45) is 5.92 Å². The van der Waals surface area contributed by atoms with Gasteiger partial charge in [0.1, 0.15) is 0 Å². The van der Waals surface area contributed by atoms with Crippen LogP contribution in [0.3, 0.4) is 0 Å². The van der Waals surface area contributed by atoms with E-state index in [4.69, 9.17) is 18.9 Å². The van der Waals surface area contributed by atoms with E-state index >= 15 is 0 Å². The largest absolute Gasteiger partial charge is 0.493 e. The molecule has 1 aromatic carbocycles. The molecule has 1 aromatic rings. The molecule has 0 spiro atoms. The number of carbonyl (C=O) groups is 1. The lowest BCUT2D eigenvalue weighted by Crippen LogP contribution is -2.33. The number of carbonyl (C=O) groups excluding carboxylic acids is 1. The highest BCUT2D eigenvalue weighted by Crippen LogP contribution is 2.44. The van der Waals surface area contributed by atoms with Crippen molar-refractivity contribution in [3.8, 4) is 5.75 Å². The summed E-state index contributed by atoms with van der Waals surface area (Å²) in [7, 11) is 3.98. The summed E-state index contributed by atoms with van der Waals surface area (Å²) in [5.41, 5.74) is 0.307. The van der Waals surface area contributed by atoms with Gasteiger partial charge < -0.3 is 18.9 Å². The van der Waals surface area contributed by atoms with E-state index in [-0.39, 0.29) is 11.7 Å². The van der Waals surface area contributed by atoms with E-state index in [9.17, 15) is 13.6 Å². The van der Waals surface area contributed by atoms with Gasteiger partial charge >= 0.3 is 5.97 Å². The lowest BCUT2D eigenvalue weighted by molar-refractivity contribution is -0.154. The van der Waals surface area contributed by atoms with Crippen LogP contribution in [0, 0.1) is 17.6 Å². The van der Waals surface area contributed by atoms with E-state index in [2.05, 4.69) is 0 Å². The number of esters is 1. The van der Waals surface area contributed by atoms with Gasteiger partial charge in [-0.05, 0) is 12.0 Å². The minimum Gasteiger partial charge on any atom is -0.493 e. The maximum absolute atomic E-state index is 14.1. The number of rotatable bonds is 5. The van der Waals surface area contributed by atoms with Crippen molar-refractivity contribution < 1.29 is 32.5 Å². The number of hydrogen-bond donors (Lipinski definition) is 0. The Morgan fingerprint density at radius 2 is 1.88 bits per heavy atom.